The van der Waals surface area contributed by atoms with Crippen LogP contribution in [0, 0.1) is 0 Å². The Hall–Kier alpha value is -3.62. The summed E-state index contributed by atoms with van der Waals surface area (Å²) in [5.41, 5.74) is 0.276. The molecule has 1 heterocycles. The fraction of sp³-hybridized carbons (Fsp3) is 0.333. The molecule has 0 spiro atoms. The van der Waals surface area contributed by atoms with E-state index < -0.39 is 5.91 Å². The van der Waals surface area contributed by atoms with Gasteiger partial charge in [0.1, 0.15) is 12.7 Å². The molecule has 1 atom stereocenters. The third-order valence-corrected chi connectivity index (χ3v) is 4.43. The standard InChI is InChI=1S/C21H24N2O7/c1-26-17-8-13(9-18(27-2)20(17)28-3)21(25)23-11-19(24)22-10-14-12-29-15-6-4-5-7-16(15)30-14/h4-9,14H,10-12H2,1-3H3,(H,22,24)(H,23,25)/t14-/m1/s1. The maximum Gasteiger partial charge on any atom is 0.251 e. The highest BCUT2D eigenvalue weighted by molar-refractivity contribution is 5.97. The van der Waals surface area contributed by atoms with Crippen LogP contribution >= 0.6 is 0 Å². The number of rotatable bonds is 8. The van der Waals surface area contributed by atoms with Crippen LogP contribution in [0.3, 0.4) is 0 Å². The topological polar surface area (TPSA) is 104 Å². The first-order valence-electron chi connectivity index (χ1n) is 9.29. The molecule has 30 heavy (non-hydrogen) atoms. The minimum Gasteiger partial charge on any atom is -0.493 e. The van der Waals surface area contributed by atoms with Crippen molar-refractivity contribution < 1.29 is 33.3 Å². The third kappa shape index (κ3) is 4.86. The molecule has 0 aromatic heterocycles. The third-order valence-electron chi connectivity index (χ3n) is 4.43. The first kappa shape index (κ1) is 21.1. The van der Waals surface area contributed by atoms with Crippen molar-refractivity contribution in [3.63, 3.8) is 0 Å². The summed E-state index contributed by atoms with van der Waals surface area (Å²) in [6.07, 6.45) is -0.310. The highest BCUT2D eigenvalue weighted by Crippen LogP contribution is 2.38. The number of amides is 2. The van der Waals surface area contributed by atoms with Gasteiger partial charge in [0, 0.05) is 5.56 Å². The molecule has 9 heteroatoms. The van der Waals surface area contributed by atoms with Gasteiger partial charge in [-0.2, -0.15) is 0 Å². The first-order valence-corrected chi connectivity index (χ1v) is 9.29. The lowest BCUT2D eigenvalue weighted by Gasteiger charge is -2.26. The smallest absolute Gasteiger partial charge is 0.251 e. The number of carbonyl (C=O) groups is 2. The maximum absolute atomic E-state index is 12.4. The molecule has 3 rings (SSSR count). The van der Waals surface area contributed by atoms with Crippen molar-refractivity contribution in [2.24, 2.45) is 0 Å². The van der Waals surface area contributed by atoms with Crippen LogP contribution in [0.2, 0.25) is 0 Å². The van der Waals surface area contributed by atoms with E-state index in [1.807, 2.05) is 18.2 Å². The van der Waals surface area contributed by atoms with Gasteiger partial charge in [0.05, 0.1) is 34.4 Å². The number of benzene rings is 2. The zero-order valence-corrected chi connectivity index (χ0v) is 17.0. The Balaban J connectivity index is 1.51. The lowest BCUT2D eigenvalue weighted by Crippen LogP contribution is -2.44. The summed E-state index contributed by atoms with van der Waals surface area (Å²) in [6, 6.07) is 10.4. The van der Waals surface area contributed by atoms with E-state index in [9.17, 15) is 9.59 Å². The van der Waals surface area contributed by atoms with Crippen LogP contribution in [0.25, 0.3) is 0 Å². The molecule has 0 unspecified atom stereocenters. The van der Waals surface area contributed by atoms with E-state index >= 15 is 0 Å². The van der Waals surface area contributed by atoms with Gasteiger partial charge in [0.25, 0.3) is 5.91 Å². The van der Waals surface area contributed by atoms with Crippen LogP contribution in [-0.2, 0) is 4.79 Å². The van der Waals surface area contributed by atoms with Crippen LogP contribution in [0.4, 0.5) is 0 Å². The van der Waals surface area contributed by atoms with Crippen LogP contribution in [0.5, 0.6) is 28.7 Å². The molecule has 1 aliphatic rings. The van der Waals surface area contributed by atoms with Crippen molar-refractivity contribution in [3.05, 3.63) is 42.0 Å². The Kier molecular flexibility index (Phi) is 6.84. The Morgan fingerprint density at radius 1 is 1.00 bits per heavy atom. The summed E-state index contributed by atoms with van der Waals surface area (Å²) < 4.78 is 27.1. The zero-order valence-electron chi connectivity index (χ0n) is 17.0. The van der Waals surface area contributed by atoms with Crippen molar-refractivity contribution in [2.75, 3.05) is 41.0 Å². The molecule has 2 N–H and O–H groups in total. The van der Waals surface area contributed by atoms with Gasteiger partial charge < -0.3 is 34.3 Å². The molecule has 0 aliphatic carbocycles. The Labute approximate surface area is 174 Å². The normalized spacial score (nSPS) is 14.4. The minimum absolute atomic E-state index is 0.195. The minimum atomic E-state index is -0.449. The van der Waals surface area contributed by atoms with Crippen LogP contribution < -0.4 is 34.3 Å². The molecule has 2 aromatic rings. The molecule has 0 saturated heterocycles. The van der Waals surface area contributed by atoms with Crippen LogP contribution in [0.1, 0.15) is 10.4 Å². The van der Waals surface area contributed by atoms with E-state index in [1.165, 1.54) is 33.5 Å². The fourth-order valence-electron chi connectivity index (χ4n) is 2.93. The highest BCUT2D eigenvalue weighted by Gasteiger charge is 2.21. The molecular weight excluding hydrogens is 392 g/mol. The molecule has 0 radical (unpaired) electrons. The summed E-state index contributed by atoms with van der Waals surface area (Å²) in [7, 11) is 4.40. The first-order chi connectivity index (χ1) is 14.5. The molecular formula is C21H24N2O7. The number of fused-ring (bicyclic) bond motifs is 1. The molecule has 2 aromatic carbocycles. The van der Waals surface area contributed by atoms with E-state index in [2.05, 4.69) is 10.6 Å². The quantitative estimate of drug-likeness (QED) is 0.670. The molecule has 9 nitrogen and oxygen atoms in total. The molecule has 0 fully saturated rings. The number of carbonyl (C=O) groups excluding carboxylic acids is 2. The lowest BCUT2D eigenvalue weighted by molar-refractivity contribution is -0.120. The second kappa shape index (κ2) is 9.73. The summed E-state index contributed by atoms with van der Waals surface area (Å²) in [6.45, 7) is 0.391. The van der Waals surface area contributed by atoms with Crippen molar-refractivity contribution in [2.45, 2.75) is 6.10 Å². The van der Waals surface area contributed by atoms with Crippen LogP contribution in [-0.4, -0.2) is 58.9 Å². The van der Waals surface area contributed by atoms with Crippen molar-refractivity contribution in [1.82, 2.24) is 10.6 Å². The Bertz CT molecular complexity index is 891. The van der Waals surface area contributed by atoms with Gasteiger partial charge in [-0.15, -0.1) is 0 Å². The number of para-hydroxylation sites is 2. The summed E-state index contributed by atoms with van der Waals surface area (Å²) in [5.74, 6) is 1.60. The Morgan fingerprint density at radius 2 is 1.67 bits per heavy atom. The molecule has 160 valence electrons. The van der Waals surface area contributed by atoms with Gasteiger partial charge in [0.15, 0.2) is 23.0 Å². The SMILES string of the molecule is COc1cc(C(=O)NCC(=O)NC[C@@H]2COc3ccccc3O2)cc(OC)c1OC. The number of ether oxygens (including phenoxy) is 5. The average Bonchev–Trinajstić information content (AvgIpc) is 2.79. The summed E-state index contributed by atoms with van der Waals surface area (Å²) in [5, 5.41) is 5.29. The molecule has 1 aliphatic heterocycles. The Morgan fingerprint density at radius 3 is 2.30 bits per heavy atom. The van der Waals surface area contributed by atoms with Gasteiger partial charge in [-0.1, -0.05) is 12.1 Å². The van der Waals surface area contributed by atoms with E-state index in [4.69, 9.17) is 23.7 Å². The predicted octanol–water partition coefficient (Wildman–Crippen LogP) is 1.40. The zero-order chi connectivity index (χ0) is 21.5. The number of methoxy groups -OCH3 is 3. The van der Waals surface area contributed by atoms with Crippen molar-refractivity contribution >= 4 is 11.8 Å². The second-order valence-electron chi connectivity index (χ2n) is 6.40. The number of hydrogen-bond acceptors (Lipinski definition) is 7. The molecule has 0 saturated carbocycles. The van der Waals surface area contributed by atoms with Gasteiger partial charge >= 0.3 is 0 Å². The predicted molar refractivity (Wildman–Crippen MR) is 108 cm³/mol. The second-order valence-corrected chi connectivity index (χ2v) is 6.40. The van der Waals surface area contributed by atoms with Gasteiger partial charge in [-0.05, 0) is 24.3 Å². The van der Waals surface area contributed by atoms with Gasteiger partial charge in [0.2, 0.25) is 11.7 Å². The summed E-state index contributed by atoms with van der Waals surface area (Å²) in [4.78, 5) is 24.6. The largest absolute Gasteiger partial charge is 0.493 e. The molecule has 0 bridgehead atoms. The van der Waals surface area contributed by atoms with Gasteiger partial charge in [-0.3, -0.25) is 9.59 Å². The van der Waals surface area contributed by atoms with E-state index in [1.54, 1.807) is 6.07 Å². The van der Waals surface area contributed by atoms with Crippen LogP contribution in [0.15, 0.2) is 36.4 Å². The number of hydrogen-bond donors (Lipinski definition) is 2. The van der Waals surface area contributed by atoms with Crippen molar-refractivity contribution in [3.8, 4) is 28.7 Å². The van der Waals surface area contributed by atoms with Crippen molar-refractivity contribution in [1.29, 1.82) is 0 Å². The van der Waals surface area contributed by atoms with E-state index in [0.29, 0.717) is 35.4 Å². The highest BCUT2D eigenvalue weighted by atomic mass is 16.6. The number of nitrogens with one attached hydrogen (secondary N) is 2. The lowest BCUT2D eigenvalue weighted by atomic mass is 10.1. The average molecular weight is 416 g/mol. The summed E-state index contributed by atoms with van der Waals surface area (Å²) >= 11 is 0. The monoisotopic (exact) mass is 416 g/mol. The maximum atomic E-state index is 12.4. The van der Waals surface area contributed by atoms with Gasteiger partial charge in [-0.25, -0.2) is 0 Å². The van der Waals surface area contributed by atoms with E-state index in [0.717, 1.165) is 0 Å². The molecule has 2 amide bonds. The fourth-order valence-corrected chi connectivity index (χ4v) is 2.93. The van der Waals surface area contributed by atoms with E-state index in [-0.39, 0.29) is 30.7 Å².